The van der Waals surface area contributed by atoms with Crippen LogP contribution in [0.15, 0.2) is 28.1 Å². The molecule has 0 spiro atoms. The van der Waals surface area contributed by atoms with Crippen LogP contribution < -0.4 is 4.74 Å². The summed E-state index contributed by atoms with van der Waals surface area (Å²) in [6.07, 6.45) is 0. The molecule has 0 aliphatic heterocycles. The van der Waals surface area contributed by atoms with Crippen molar-refractivity contribution in [1.82, 2.24) is 0 Å². The number of hydrogen-bond donors (Lipinski definition) is 0. The van der Waals surface area contributed by atoms with Crippen LogP contribution in [0.1, 0.15) is 10.4 Å². The van der Waals surface area contributed by atoms with Crippen LogP contribution in [0.25, 0.3) is 0 Å². The molecule has 0 bridgehead atoms. The van der Waals surface area contributed by atoms with Gasteiger partial charge in [-0.3, -0.25) is 0 Å². The van der Waals surface area contributed by atoms with Gasteiger partial charge in [0.2, 0.25) is 0 Å². The molecule has 1 nitrogen and oxygen atoms in total. The first kappa shape index (κ1) is 13.8. The van der Waals surface area contributed by atoms with Crippen LogP contribution in [0.4, 0.5) is 8.78 Å². The summed E-state index contributed by atoms with van der Waals surface area (Å²) in [6.45, 7) is 0.129. The molecule has 0 fully saturated rings. The predicted molar refractivity (Wildman–Crippen MR) is 72.3 cm³/mol. The lowest BCUT2D eigenvalue weighted by atomic mass is 10.2. The minimum atomic E-state index is -0.735. The fourth-order valence-corrected chi connectivity index (χ4v) is 2.92. The van der Waals surface area contributed by atoms with Crippen molar-refractivity contribution in [3.63, 3.8) is 0 Å². The molecule has 96 valence electrons. The van der Waals surface area contributed by atoms with Gasteiger partial charge in [-0.15, -0.1) is 22.9 Å². The quantitative estimate of drug-likeness (QED) is 0.694. The van der Waals surface area contributed by atoms with Gasteiger partial charge in [0.1, 0.15) is 6.61 Å². The zero-order chi connectivity index (χ0) is 13.1. The number of benzene rings is 1. The van der Waals surface area contributed by atoms with E-state index in [4.69, 9.17) is 16.3 Å². The highest BCUT2D eigenvalue weighted by atomic mass is 79.9. The highest BCUT2D eigenvalue weighted by Crippen LogP contribution is 2.26. The normalized spacial score (nSPS) is 10.7. The third-order valence-electron chi connectivity index (χ3n) is 2.19. The molecule has 1 aromatic carbocycles. The molecule has 0 saturated carbocycles. The second-order valence-corrected chi connectivity index (χ2v) is 5.72. The molecule has 0 atom stereocenters. The summed E-state index contributed by atoms with van der Waals surface area (Å²) in [4.78, 5) is 0.877. The number of ether oxygens (including phenoxy) is 1. The summed E-state index contributed by atoms with van der Waals surface area (Å²) in [5, 5.41) is 1.88. The molecule has 0 unspecified atom stereocenters. The Balaban J connectivity index is 2.14. The van der Waals surface area contributed by atoms with Gasteiger partial charge in [-0.2, -0.15) is 0 Å². The first-order valence-electron chi connectivity index (χ1n) is 4.99. The molecule has 2 aromatic rings. The minimum absolute atomic E-state index is 0.0615. The van der Waals surface area contributed by atoms with Crippen LogP contribution in [0, 0.1) is 11.6 Å². The number of halogens is 4. The Labute approximate surface area is 120 Å². The van der Waals surface area contributed by atoms with Crippen molar-refractivity contribution in [2.75, 3.05) is 0 Å². The maximum absolute atomic E-state index is 13.6. The summed E-state index contributed by atoms with van der Waals surface area (Å²) in [6, 6.07) is 4.19. The van der Waals surface area contributed by atoms with Crippen molar-refractivity contribution >= 4 is 38.9 Å². The summed E-state index contributed by atoms with van der Waals surface area (Å²) < 4.78 is 33.2. The monoisotopic (exact) mass is 352 g/mol. The highest BCUT2D eigenvalue weighted by molar-refractivity contribution is 9.10. The van der Waals surface area contributed by atoms with Gasteiger partial charge in [-0.25, -0.2) is 8.78 Å². The van der Waals surface area contributed by atoms with Crippen molar-refractivity contribution in [3.8, 4) is 5.75 Å². The molecule has 0 radical (unpaired) electrons. The van der Waals surface area contributed by atoms with Gasteiger partial charge in [0.15, 0.2) is 17.4 Å². The van der Waals surface area contributed by atoms with E-state index in [1.165, 1.54) is 23.5 Å². The Hall–Kier alpha value is -0.650. The third-order valence-corrected chi connectivity index (χ3v) is 4.17. The lowest BCUT2D eigenvalue weighted by molar-refractivity contribution is 0.277. The van der Waals surface area contributed by atoms with Crippen molar-refractivity contribution in [3.05, 3.63) is 50.1 Å². The lowest BCUT2D eigenvalue weighted by Crippen LogP contribution is -1.99. The van der Waals surface area contributed by atoms with Crippen LogP contribution >= 0.6 is 38.9 Å². The molecular weight excluding hydrogens is 346 g/mol. The molecule has 2 rings (SSSR count). The van der Waals surface area contributed by atoms with Crippen LogP contribution in [0.5, 0.6) is 5.75 Å². The van der Waals surface area contributed by atoms with Crippen LogP contribution in [-0.2, 0) is 12.5 Å². The van der Waals surface area contributed by atoms with Crippen LogP contribution in [0.2, 0.25) is 0 Å². The summed E-state index contributed by atoms with van der Waals surface area (Å²) in [5.74, 6) is -1.78. The highest BCUT2D eigenvalue weighted by Gasteiger charge is 2.13. The topological polar surface area (TPSA) is 9.23 Å². The van der Waals surface area contributed by atoms with E-state index in [0.717, 1.165) is 9.35 Å². The second-order valence-electron chi connectivity index (χ2n) is 3.54. The first-order valence-corrected chi connectivity index (χ1v) is 7.20. The molecule has 1 heterocycles. The molecule has 6 heteroatoms. The van der Waals surface area contributed by atoms with Gasteiger partial charge in [0.05, 0.1) is 0 Å². The third kappa shape index (κ3) is 3.22. The van der Waals surface area contributed by atoms with E-state index in [9.17, 15) is 8.78 Å². The molecule has 0 amide bonds. The minimum Gasteiger partial charge on any atom is -0.482 e. The van der Waals surface area contributed by atoms with E-state index in [2.05, 4.69) is 15.9 Å². The SMILES string of the molecule is Fc1cc(CCl)cc(F)c1OCc1cc(Br)cs1. The van der Waals surface area contributed by atoms with Gasteiger partial charge >= 0.3 is 0 Å². The van der Waals surface area contributed by atoms with Gasteiger partial charge in [0, 0.05) is 20.6 Å². The summed E-state index contributed by atoms with van der Waals surface area (Å²) >= 11 is 10.3. The van der Waals surface area contributed by atoms with E-state index in [-0.39, 0.29) is 18.2 Å². The zero-order valence-electron chi connectivity index (χ0n) is 9.05. The maximum Gasteiger partial charge on any atom is 0.191 e. The van der Waals surface area contributed by atoms with E-state index in [1.807, 2.05) is 11.4 Å². The van der Waals surface area contributed by atoms with E-state index >= 15 is 0 Å². The fraction of sp³-hybridized carbons (Fsp3) is 0.167. The molecule has 18 heavy (non-hydrogen) atoms. The van der Waals surface area contributed by atoms with Crippen LogP contribution in [-0.4, -0.2) is 0 Å². The summed E-state index contributed by atoms with van der Waals surface area (Å²) in [5.41, 5.74) is 0.387. The number of alkyl halides is 1. The van der Waals surface area contributed by atoms with E-state index < -0.39 is 11.6 Å². The molecular formula is C12H8BrClF2OS. The largest absolute Gasteiger partial charge is 0.482 e. The Morgan fingerprint density at radius 2 is 1.89 bits per heavy atom. The number of hydrogen-bond acceptors (Lipinski definition) is 2. The standard InChI is InChI=1S/C12H8BrClF2OS/c13-8-3-9(18-6-8)5-17-12-10(15)1-7(4-14)2-11(12)16/h1-3,6H,4-5H2. The molecule has 0 N–H and O–H groups in total. The smallest absolute Gasteiger partial charge is 0.191 e. The number of thiophene rings is 1. The van der Waals surface area contributed by atoms with Crippen LogP contribution in [0.3, 0.4) is 0 Å². The molecule has 1 aromatic heterocycles. The van der Waals surface area contributed by atoms with E-state index in [0.29, 0.717) is 5.56 Å². The van der Waals surface area contributed by atoms with Crippen molar-refractivity contribution < 1.29 is 13.5 Å². The van der Waals surface area contributed by atoms with Gasteiger partial charge in [-0.1, -0.05) is 0 Å². The van der Waals surface area contributed by atoms with E-state index in [1.54, 1.807) is 0 Å². The Bertz CT molecular complexity index is 536. The Morgan fingerprint density at radius 3 is 2.39 bits per heavy atom. The Morgan fingerprint density at radius 1 is 1.22 bits per heavy atom. The molecule has 0 aliphatic carbocycles. The average Bonchev–Trinajstić information content (AvgIpc) is 2.73. The summed E-state index contributed by atoms with van der Waals surface area (Å²) in [7, 11) is 0. The fourth-order valence-electron chi connectivity index (χ4n) is 1.40. The molecule has 0 aliphatic rings. The van der Waals surface area contributed by atoms with Gasteiger partial charge in [0.25, 0.3) is 0 Å². The average molecular weight is 354 g/mol. The molecule has 0 saturated heterocycles. The maximum atomic E-state index is 13.6. The van der Waals surface area contributed by atoms with Crippen molar-refractivity contribution in [1.29, 1.82) is 0 Å². The van der Waals surface area contributed by atoms with Crippen molar-refractivity contribution in [2.24, 2.45) is 0 Å². The predicted octanol–water partition coefficient (Wildman–Crippen LogP) is 5.11. The van der Waals surface area contributed by atoms with Gasteiger partial charge < -0.3 is 4.74 Å². The first-order chi connectivity index (χ1) is 8.60. The number of rotatable bonds is 4. The zero-order valence-corrected chi connectivity index (χ0v) is 12.2. The van der Waals surface area contributed by atoms with Crippen molar-refractivity contribution in [2.45, 2.75) is 12.5 Å². The Kier molecular flexibility index (Phi) is 4.59. The second kappa shape index (κ2) is 5.99. The van der Waals surface area contributed by atoms with Gasteiger partial charge in [-0.05, 0) is 39.7 Å². The lowest BCUT2D eigenvalue weighted by Gasteiger charge is -2.08.